The van der Waals surface area contributed by atoms with Crippen LogP contribution in [0.4, 0.5) is 5.82 Å². The van der Waals surface area contributed by atoms with E-state index < -0.39 is 5.91 Å². The van der Waals surface area contributed by atoms with E-state index in [2.05, 4.69) is 15.3 Å². The summed E-state index contributed by atoms with van der Waals surface area (Å²) >= 11 is 0. The van der Waals surface area contributed by atoms with Crippen molar-refractivity contribution in [2.24, 2.45) is 11.7 Å². The van der Waals surface area contributed by atoms with Crippen molar-refractivity contribution >= 4 is 17.6 Å². The monoisotopic (exact) mass is 282 g/mol. The first-order valence-electron chi connectivity index (χ1n) is 6.67. The molecule has 0 atom stereocenters. The Labute approximate surface area is 121 Å². The van der Waals surface area contributed by atoms with E-state index in [4.69, 9.17) is 5.73 Å². The number of nitrogens with one attached hydrogen (secondary N) is 1. The minimum absolute atomic E-state index is 0.0470. The highest BCUT2D eigenvalue weighted by Crippen LogP contribution is 2.33. The van der Waals surface area contributed by atoms with Crippen molar-refractivity contribution in [3.63, 3.8) is 0 Å². The van der Waals surface area contributed by atoms with Gasteiger partial charge in [-0.15, -0.1) is 0 Å². The number of amides is 2. The standard InChI is InChI=1S/C15H14N4O2/c16-13(20)11-5-7-18-14(19-15(21)9-3-4-9)12(11)10-2-1-6-17-8-10/h1-2,5-9H,3-4H2,(H2,16,20)(H,18,19,21). The molecule has 0 unspecified atom stereocenters. The Hall–Kier alpha value is -2.76. The molecular formula is C15H14N4O2. The smallest absolute Gasteiger partial charge is 0.249 e. The molecule has 0 spiro atoms. The molecule has 1 saturated carbocycles. The van der Waals surface area contributed by atoms with E-state index in [1.54, 1.807) is 24.5 Å². The maximum atomic E-state index is 12.0. The number of hydrogen-bond acceptors (Lipinski definition) is 4. The summed E-state index contributed by atoms with van der Waals surface area (Å²) in [5, 5.41) is 2.78. The quantitative estimate of drug-likeness (QED) is 0.889. The third-order valence-corrected chi connectivity index (χ3v) is 3.36. The van der Waals surface area contributed by atoms with Crippen LogP contribution in [0.2, 0.25) is 0 Å². The van der Waals surface area contributed by atoms with Gasteiger partial charge in [-0.1, -0.05) is 6.07 Å². The second-order valence-corrected chi connectivity index (χ2v) is 4.95. The average Bonchev–Trinajstić information content (AvgIpc) is 3.32. The molecule has 0 aromatic carbocycles. The molecule has 0 bridgehead atoms. The highest BCUT2D eigenvalue weighted by Gasteiger charge is 2.30. The summed E-state index contributed by atoms with van der Waals surface area (Å²) in [6, 6.07) is 5.08. The molecule has 6 nitrogen and oxygen atoms in total. The topological polar surface area (TPSA) is 98.0 Å². The molecule has 2 aromatic rings. The lowest BCUT2D eigenvalue weighted by Gasteiger charge is -2.12. The molecule has 0 aliphatic heterocycles. The summed E-state index contributed by atoms with van der Waals surface area (Å²) in [5.41, 5.74) is 6.93. The van der Waals surface area contributed by atoms with Crippen molar-refractivity contribution in [2.75, 3.05) is 5.32 Å². The Bertz CT molecular complexity index is 696. The predicted molar refractivity (Wildman–Crippen MR) is 77.3 cm³/mol. The Morgan fingerprint density at radius 3 is 2.67 bits per heavy atom. The predicted octanol–water partition coefficient (Wildman–Crippen LogP) is 1.59. The van der Waals surface area contributed by atoms with Crippen LogP contribution in [0.15, 0.2) is 36.8 Å². The van der Waals surface area contributed by atoms with Gasteiger partial charge in [-0.2, -0.15) is 0 Å². The van der Waals surface area contributed by atoms with E-state index in [0.717, 1.165) is 12.8 Å². The maximum Gasteiger partial charge on any atom is 0.249 e. The summed E-state index contributed by atoms with van der Waals surface area (Å²) in [6.45, 7) is 0. The van der Waals surface area contributed by atoms with Crippen LogP contribution in [0.25, 0.3) is 11.1 Å². The summed E-state index contributed by atoms with van der Waals surface area (Å²) in [7, 11) is 0. The molecule has 2 heterocycles. The largest absolute Gasteiger partial charge is 0.366 e. The molecule has 0 saturated heterocycles. The zero-order valence-electron chi connectivity index (χ0n) is 11.2. The van der Waals surface area contributed by atoms with Crippen LogP contribution in [-0.4, -0.2) is 21.8 Å². The van der Waals surface area contributed by atoms with Gasteiger partial charge in [-0.25, -0.2) is 4.98 Å². The number of carbonyl (C=O) groups excluding carboxylic acids is 2. The molecule has 3 rings (SSSR count). The molecule has 1 aliphatic rings. The molecule has 2 amide bonds. The van der Waals surface area contributed by atoms with Gasteiger partial charge in [0.05, 0.1) is 5.56 Å². The van der Waals surface area contributed by atoms with E-state index in [1.165, 1.54) is 12.3 Å². The lowest BCUT2D eigenvalue weighted by Crippen LogP contribution is -2.18. The summed E-state index contributed by atoms with van der Waals surface area (Å²) in [4.78, 5) is 31.8. The van der Waals surface area contributed by atoms with E-state index >= 15 is 0 Å². The average molecular weight is 282 g/mol. The summed E-state index contributed by atoms with van der Waals surface area (Å²) in [5.74, 6) is -0.255. The van der Waals surface area contributed by atoms with Gasteiger partial charge in [0.1, 0.15) is 5.82 Å². The van der Waals surface area contributed by atoms with Gasteiger partial charge in [0.2, 0.25) is 11.8 Å². The Morgan fingerprint density at radius 2 is 2.05 bits per heavy atom. The highest BCUT2D eigenvalue weighted by molar-refractivity contribution is 6.05. The molecule has 106 valence electrons. The second kappa shape index (κ2) is 5.32. The van der Waals surface area contributed by atoms with Gasteiger partial charge in [0, 0.05) is 35.6 Å². The maximum absolute atomic E-state index is 12.0. The number of hydrogen-bond donors (Lipinski definition) is 2. The van der Waals surface area contributed by atoms with Crippen LogP contribution in [0.3, 0.4) is 0 Å². The van der Waals surface area contributed by atoms with Crippen LogP contribution in [0.5, 0.6) is 0 Å². The molecule has 1 fully saturated rings. The lowest BCUT2D eigenvalue weighted by atomic mass is 10.0. The first-order valence-corrected chi connectivity index (χ1v) is 6.67. The van der Waals surface area contributed by atoms with Crippen LogP contribution in [0.1, 0.15) is 23.2 Å². The minimum Gasteiger partial charge on any atom is -0.366 e. The fraction of sp³-hybridized carbons (Fsp3) is 0.200. The van der Waals surface area contributed by atoms with Gasteiger partial charge >= 0.3 is 0 Å². The summed E-state index contributed by atoms with van der Waals surface area (Å²) < 4.78 is 0. The molecule has 0 radical (unpaired) electrons. The number of carbonyl (C=O) groups is 2. The van der Waals surface area contributed by atoms with E-state index in [-0.39, 0.29) is 11.8 Å². The van der Waals surface area contributed by atoms with E-state index in [9.17, 15) is 9.59 Å². The summed E-state index contributed by atoms with van der Waals surface area (Å²) in [6.07, 6.45) is 6.48. The third-order valence-electron chi connectivity index (χ3n) is 3.36. The van der Waals surface area contributed by atoms with Gasteiger partial charge in [0.25, 0.3) is 0 Å². The van der Waals surface area contributed by atoms with Crippen molar-refractivity contribution in [3.05, 3.63) is 42.4 Å². The SMILES string of the molecule is NC(=O)c1ccnc(NC(=O)C2CC2)c1-c1cccnc1. The number of nitrogens with two attached hydrogens (primary N) is 1. The Kier molecular flexibility index (Phi) is 3.35. The van der Waals surface area contributed by atoms with Crippen LogP contribution < -0.4 is 11.1 Å². The number of rotatable bonds is 4. The molecule has 2 aromatic heterocycles. The van der Waals surface area contributed by atoms with Crippen molar-refractivity contribution in [3.8, 4) is 11.1 Å². The second-order valence-electron chi connectivity index (χ2n) is 4.95. The van der Waals surface area contributed by atoms with Crippen LogP contribution in [0, 0.1) is 5.92 Å². The van der Waals surface area contributed by atoms with Gasteiger partial charge in [-0.05, 0) is 25.0 Å². The fourth-order valence-corrected chi connectivity index (χ4v) is 2.13. The number of pyridine rings is 2. The van der Waals surface area contributed by atoms with Gasteiger partial charge in [-0.3, -0.25) is 14.6 Å². The number of anilines is 1. The number of primary amides is 1. The zero-order valence-corrected chi connectivity index (χ0v) is 11.2. The number of nitrogens with zero attached hydrogens (tertiary/aromatic N) is 2. The van der Waals surface area contributed by atoms with Crippen molar-refractivity contribution < 1.29 is 9.59 Å². The van der Waals surface area contributed by atoms with Crippen molar-refractivity contribution in [1.29, 1.82) is 0 Å². The van der Waals surface area contributed by atoms with Crippen molar-refractivity contribution in [1.82, 2.24) is 9.97 Å². The Balaban J connectivity index is 2.08. The van der Waals surface area contributed by atoms with E-state index in [1.807, 2.05) is 0 Å². The first kappa shape index (κ1) is 13.2. The minimum atomic E-state index is -0.571. The number of aromatic nitrogens is 2. The molecule has 6 heteroatoms. The zero-order chi connectivity index (χ0) is 14.8. The third kappa shape index (κ3) is 2.74. The van der Waals surface area contributed by atoms with Crippen LogP contribution in [-0.2, 0) is 4.79 Å². The first-order chi connectivity index (χ1) is 10.2. The van der Waals surface area contributed by atoms with Crippen molar-refractivity contribution in [2.45, 2.75) is 12.8 Å². The van der Waals surface area contributed by atoms with E-state index in [0.29, 0.717) is 22.5 Å². The molecular weight excluding hydrogens is 268 g/mol. The van der Waals surface area contributed by atoms with Gasteiger partial charge < -0.3 is 11.1 Å². The molecule has 21 heavy (non-hydrogen) atoms. The van der Waals surface area contributed by atoms with Gasteiger partial charge in [0.15, 0.2) is 0 Å². The van der Waals surface area contributed by atoms with Crippen LogP contribution >= 0.6 is 0 Å². The highest BCUT2D eigenvalue weighted by atomic mass is 16.2. The normalized spacial score (nSPS) is 13.7. The fourth-order valence-electron chi connectivity index (χ4n) is 2.13. The lowest BCUT2D eigenvalue weighted by molar-refractivity contribution is -0.117. The Morgan fingerprint density at radius 1 is 1.24 bits per heavy atom. The molecule has 3 N–H and O–H groups in total. The molecule has 1 aliphatic carbocycles.